The van der Waals surface area contributed by atoms with Gasteiger partial charge in [0.2, 0.25) is 10.0 Å². The number of aryl methyl sites for hydroxylation is 1. The lowest BCUT2D eigenvalue weighted by Gasteiger charge is -2.34. The Morgan fingerprint density at radius 1 is 1.14 bits per heavy atom. The summed E-state index contributed by atoms with van der Waals surface area (Å²) in [6, 6.07) is 10.2. The molecule has 1 fully saturated rings. The highest BCUT2D eigenvalue weighted by Crippen LogP contribution is 2.27. The number of carbonyl (C=O) groups excluding carboxylic acids is 1. The van der Waals surface area contributed by atoms with Crippen LogP contribution in [0, 0.1) is 12.7 Å². The highest BCUT2D eigenvalue weighted by molar-refractivity contribution is 7.89. The minimum absolute atomic E-state index is 0.00742. The van der Waals surface area contributed by atoms with Crippen molar-refractivity contribution in [3.63, 3.8) is 0 Å². The molecule has 0 atom stereocenters. The number of carbonyl (C=O) groups is 1. The SMILES string of the molecule is Cc1ccc(O)c(S(=O)(=O)N2CCN(C(=O)COc3ccccc3F)CC2)c1. The summed E-state index contributed by atoms with van der Waals surface area (Å²) in [5, 5.41) is 9.92. The molecule has 0 unspecified atom stereocenters. The van der Waals surface area contributed by atoms with Gasteiger partial charge in [0.1, 0.15) is 10.6 Å². The van der Waals surface area contributed by atoms with E-state index >= 15 is 0 Å². The van der Waals surface area contributed by atoms with Crippen molar-refractivity contribution in [1.82, 2.24) is 9.21 Å². The van der Waals surface area contributed by atoms with Gasteiger partial charge in [0.15, 0.2) is 18.2 Å². The topological polar surface area (TPSA) is 87.2 Å². The zero-order valence-corrected chi connectivity index (χ0v) is 16.2. The zero-order chi connectivity index (χ0) is 20.3. The molecule has 0 aliphatic carbocycles. The van der Waals surface area contributed by atoms with Gasteiger partial charge in [0, 0.05) is 26.2 Å². The largest absolute Gasteiger partial charge is 0.507 e. The van der Waals surface area contributed by atoms with Crippen molar-refractivity contribution in [3.8, 4) is 11.5 Å². The molecule has 0 saturated carbocycles. The first-order valence-corrected chi connectivity index (χ1v) is 10.2. The summed E-state index contributed by atoms with van der Waals surface area (Å²) < 4.78 is 45.6. The van der Waals surface area contributed by atoms with Gasteiger partial charge in [-0.1, -0.05) is 18.2 Å². The van der Waals surface area contributed by atoms with Crippen LogP contribution in [0.25, 0.3) is 0 Å². The van der Waals surface area contributed by atoms with Crippen molar-refractivity contribution in [2.45, 2.75) is 11.8 Å². The number of aromatic hydroxyl groups is 1. The monoisotopic (exact) mass is 408 g/mol. The molecule has 0 spiro atoms. The Hall–Kier alpha value is -2.65. The molecule has 1 heterocycles. The second-order valence-electron chi connectivity index (χ2n) is 6.48. The van der Waals surface area contributed by atoms with Crippen LogP contribution in [-0.2, 0) is 14.8 Å². The molecule has 1 amide bonds. The van der Waals surface area contributed by atoms with Gasteiger partial charge in [-0.2, -0.15) is 4.31 Å². The molecule has 150 valence electrons. The molecule has 0 radical (unpaired) electrons. The number of benzene rings is 2. The number of sulfonamides is 1. The lowest BCUT2D eigenvalue weighted by molar-refractivity contribution is -0.134. The summed E-state index contributed by atoms with van der Waals surface area (Å²) in [6.45, 7) is 1.98. The number of phenolic OH excluding ortho intramolecular Hbond substituents is 1. The van der Waals surface area contributed by atoms with Crippen molar-refractivity contribution < 1.29 is 27.4 Å². The van der Waals surface area contributed by atoms with Crippen LogP contribution in [0.2, 0.25) is 0 Å². The van der Waals surface area contributed by atoms with E-state index in [1.165, 1.54) is 39.5 Å². The lowest BCUT2D eigenvalue weighted by Crippen LogP contribution is -2.51. The Labute approximate surface area is 163 Å². The van der Waals surface area contributed by atoms with E-state index < -0.39 is 15.8 Å². The molecule has 3 rings (SSSR count). The van der Waals surface area contributed by atoms with Gasteiger partial charge >= 0.3 is 0 Å². The number of halogens is 1. The standard InChI is InChI=1S/C19H21FN2O5S/c1-14-6-7-16(23)18(12-14)28(25,26)22-10-8-21(9-11-22)19(24)13-27-17-5-3-2-4-15(17)20/h2-7,12,23H,8-11,13H2,1H3. The lowest BCUT2D eigenvalue weighted by atomic mass is 10.2. The fraction of sp³-hybridized carbons (Fsp3) is 0.316. The van der Waals surface area contributed by atoms with Gasteiger partial charge in [-0.3, -0.25) is 4.79 Å². The Morgan fingerprint density at radius 2 is 1.82 bits per heavy atom. The quantitative estimate of drug-likeness (QED) is 0.815. The molecule has 9 heteroatoms. The highest BCUT2D eigenvalue weighted by atomic mass is 32.2. The van der Waals surface area contributed by atoms with Gasteiger partial charge in [-0.15, -0.1) is 0 Å². The molecular formula is C19H21FN2O5S. The number of phenols is 1. The molecule has 2 aromatic carbocycles. The van der Waals surface area contributed by atoms with Crippen molar-refractivity contribution in [1.29, 1.82) is 0 Å². The normalized spacial score (nSPS) is 15.4. The van der Waals surface area contributed by atoms with Crippen molar-refractivity contribution in [3.05, 3.63) is 53.8 Å². The Kier molecular flexibility index (Phi) is 5.85. The third-order valence-electron chi connectivity index (χ3n) is 4.51. The minimum atomic E-state index is -3.86. The first-order valence-electron chi connectivity index (χ1n) is 8.74. The maximum atomic E-state index is 13.5. The summed E-state index contributed by atoms with van der Waals surface area (Å²) >= 11 is 0. The van der Waals surface area contributed by atoms with E-state index in [4.69, 9.17) is 4.74 Å². The van der Waals surface area contributed by atoms with E-state index in [1.807, 2.05) is 0 Å². The van der Waals surface area contributed by atoms with Gasteiger partial charge in [-0.25, -0.2) is 12.8 Å². The van der Waals surface area contributed by atoms with E-state index in [0.29, 0.717) is 0 Å². The van der Waals surface area contributed by atoms with Crippen LogP contribution in [0.5, 0.6) is 11.5 Å². The number of piperazine rings is 1. The van der Waals surface area contributed by atoms with Crippen molar-refractivity contribution >= 4 is 15.9 Å². The van der Waals surface area contributed by atoms with Crippen LogP contribution < -0.4 is 4.74 Å². The summed E-state index contributed by atoms with van der Waals surface area (Å²) in [5.41, 5.74) is 0.718. The van der Waals surface area contributed by atoms with Crippen LogP contribution in [0.4, 0.5) is 4.39 Å². The molecule has 1 saturated heterocycles. The number of para-hydroxylation sites is 1. The van der Waals surface area contributed by atoms with E-state index in [-0.39, 0.29) is 55.1 Å². The average molecular weight is 408 g/mol. The number of amides is 1. The van der Waals surface area contributed by atoms with Gasteiger partial charge < -0.3 is 14.7 Å². The van der Waals surface area contributed by atoms with Crippen LogP contribution in [0.1, 0.15) is 5.56 Å². The Balaban J connectivity index is 1.60. The second kappa shape index (κ2) is 8.15. The third-order valence-corrected chi connectivity index (χ3v) is 6.44. The summed E-state index contributed by atoms with van der Waals surface area (Å²) in [4.78, 5) is 13.6. The number of hydrogen-bond donors (Lipinski definition) is 1. The molecule has 2 aromatic rings. The maximum absolute atomic E-state index is 13.5. The number of hydrogen-bond acceptors (Lipinski definition) is 5. The smallest absolute Gasteiger partial charge is 0.260 e. The Morgan fingerprint density at radius 3 is 2.50 bits per heavy atom. The van der Waals surface area contributed by atoms with Crippen LogP contribution in [-0.4, -0.2) is 61.4 Å². The molecule has 0 bridgehead atoms. The molecular weight excluding hydrogens is 387 g/mol. The van der Waals surface area contributed by atoms with Crippen molar-refractivity contribution in [2.75, 3.05) is 32.8 Å². The van der Waals surface area contributed by atoms with E-state index in [0.717, 1.165) is 5.56 Å². The first kappa shape index (κ1) is 20.1. The van der Waals surface area contributed by atoms with E-state index in [2.05, 4.69) is 0 Å². The molecule has 28 heavy (non-hydrogen) atoms. The number of ether oxygens (including phenoxy) is 1. The summed E-state index contributed by atoms with van der Waals surface area (Å²) in [6.07, 6.45) is 0. The molecule has 1 aliphatic rings. The maximum Gasteiger partial charge on any atom is 0.260 e. The molecule has 1 N–H and O–H groups in total. The van der Waals surface area contributed by atoms with E-state index in [9.17, 15) is 22.7 Å². The molecule has 1 aliphatic heterocycles. The fourth-order valence-electron chi connectivity index (χ4n) is 2.94. The Bertz CT molecular complexity index is 972. The van der Waals surface area contributed by atoms with Crippen molar-refractivity contribution in [2.24, 2.45) is 0 Å². The molecule has 0 aromatic heterocycles. The third kappa shape index (κ3) is 4.26. The summed E-state index contributed by atoms with van der Waals surface area (Å²) in [5.74, 6) is -1.21. The fourth-order valence-corrected chi connectivity index (χ4v) is 4.53. The van der Waals surface area contributed by atoms with E-state index in [1.54, 1.807) is 19.1 Å². The zero-order valence-electron chi connectivity index (χ0n) is 15.3. The molecule has 7 nitrogen and oxygen atoms in total. The minimum Gasteiger partial charge on any atom is -0.507 e. The predicted octanol–water partition coefficient (Wildman–Crippen LogP) is 1.75. The number of nitrogens with zero attached hydrogens (tertiary/aromatic N) is 2. The van der Waals surface area contributed by atoms with Gasteiger partial charge in [0.25, 0.3) is 5.91 Å². The van der Waals surface area contributed by atoms with Gasteiger partial charge in [0.05, 0.1) is 0 Å². The average Bonchev–Trinajstić information content (AvgIpc) is 2.69. The first-order chi connectivity index (χ1) is 13.3. The van der Waals surface area contributed by atoms with Crippen LogP contribution in [0.3, 0.4) is 0 Å². The highest BCUT2D eigenvalue weighted by Gasteiger charge is 2.32. The second-order valence-corrected chi connectivity index (χ2v) is 8.38. The number of rotatable bonds is 5. The van der Waals surface area contributed by atoms with Crippen LogP contribution in [0.15, 0.2) is 47.4 Å². The predicted molar refractivity (Wildman–Crippen MR) is 100 cm³/mol. The van der Waals surface area contributed by atoms with Crippen LogP contribution >= 0.6 is 0 Å². The van der Waals surface area contributed by atoms with Gasteiger partial charge in [-0.05, 0) is 36.8 Å². The summed E-state index contributed by atoms with van der Waals surface area (Å²) in [7, 11) is -3.86.